The van der Waals surface area contributed by atoms with E-state index in [2.05, 4.69) is 10.6 Å². The first-order chi connectivity index (χ1) is 17.4. The van der Waals surface area contributed by atoms with Gasteiger partial charge in [-0.15, -0.1) is 0 Å². The first-order valence-electron chi connectivity index (χ1n) is 11.5. The van der Waals surface area contributed by atoms with Gasteiger partial charge in [-0.2, -0.15) is 0 Å². The van der Waals surface area contributed by atoms with Crippen LogP contribution in [0.5, 0.6) is 0 Å². The highest BCUT2D eigenvalue weighted by Crippen LogP contribution is 2.35. The van der Waals surface area contributed by atoms with Crippen LogP contribution in [0.1, 0.15) is 40.9 Å². The van der Waals surface area contributed by atoms with Crippen molar-refractivity contribution in [3.05, 3.63) is 100 Å². The lowest BCUT2D eigenvalue weighted by Crippen LogP contribution is -2.46. The number of ether oxygens (including phenoxy) is 1. The highest BCUT2D eigenvalue weighted by atomic mass is 35.5. The fourth-order valence-electron chi connectivity index (χ4n) is 4.03. The highest BCUT2D eigenvalue weighted by Gasteiger charge is 2.47. The molecule has 0 unspecified atom stereocenters. The van der Waals surface area contributed by atoms with Crippen molar-refractivity contribution in [1.82, 2.24) is 10.2 Å². The van der Waals surface area contributed by atoms with Gasteiger partial charge in [0.25, 0.3) is 5.91 Å². The minimum Gasteiger partial charge on any atom is -0.438 e. The normalized spacial score (nSPS) is 17.0. The molecule has 3 aromatic rings. The summed E-state index contributed by atoms with van der Waals surface area (Å²) in [5, 5.41) is 6.02. The van der Waals surface area contributed by atoms with Crippen LogP contribution in [0.4, 0.5) is 14.9 Å². The molecule has 1 aliphatic rings. The number of nitrogens with zero attached hydrogens (tertiary/aromatic N) is 1. The molecule has 1 saturated heterocycles. The van der Waals surface area contributed by atoms with Crippen molar-refractivity contribution in [3.63, 3.8) is 0 Å². The van der Waals surface area contributed by atoms with Gasteiger partial charge in [0.05, 0.1) is 12.1 Å². The van der Waals surface area contributed by atoms with E-state index < -0.39 is 30.0 Å². The summed E-state index contributed by atoms with van der Waals surface area (Å²) < 4.78 is 19.7. The molecule has 0 bridgehead atoms. The first-order valence-corrected chi connectivity index (χ1v) is 11.9. The van der Waals surface area contributed by atoms with E-state index in [-0.39, 0.29) is 18.0 Å². The lowest BCUT2D eigenvalue weighted by atomic mass is 10.00. The van der Waals surface area contributed by atoms with Gasteiger partial charge in [0.2, 0.25) is 5.91 Å². The third kappa shape index (κ3) is 5.66. The predicted molar refractivity (Wildman–Crippen MR) is 134 cm³/mol. The zero-order chi connectivity index (χ0) is 25.7. The summed E-state index contributed by atoms with van der Waals surface area (Å²) in [5.74, 6) is -1.61. The number of hydrogen-bond acceptors (Lipinski definition) is 4. The Morgan fingerprint density at radius 2 is 1.83 bits per heavy atom. The second-order valence-electron chi connectivity index (χ2n) is 8.36. The fourth-order valence-corrected chi connectivity index (χ4v) is 4.24. The lowest BCUT2D eigenvalue weighted by Gasteiger charge is -2.24. The van der Waals surface area contributed by atoms with E-state index in [9.17, 15) is 18.8 Å². The molecule has 1 fully saturated rings. The van der Waals surface area contributed by atoms with Gasteiger partial charge >= 0.3 is 6.09 Å². The quantitative estimate of drug-likeness (QED) is 0.430. The molecular formula is C27H25ClFN3O4. The summed E-state index contributed by atoms with van der Waals surface area (Å²) in [4.78, 5) is 40.0. The SMILES string of the molecule is CCCNC(=O)[C@@H]1[C@@H](c2cccc(NC(=O)c3ccccc3F)c2)OC(=O)N1Cc1cccc(Cl)c1. The molecule has 3 amide bonds. The van der Waals surface area contributed by atoms with E-state index in [1.807, 2.05) is 13.0 Å². The van der Waals surface area contributed by atoms with E-state index in [0.29, 0.717) is 22.8 Å². The Morgan fingerprint density at radius 3 is 2.58 bits per heavy atom. The molecule has 4 rings (SSSR count). The summed E-state index contributed by atoms with van der Waals surface area (Å²) >= 11 is 6.10. The number of hydrogen-bond donors (Lipinski definition) is 2. The number of nitrogens with one attached hydrogen (secondary N) is 2. The van der Waals surface area contributed by atoms with Crippen LogP contribution in [-0.2, 0) is 16.1 Å². The maximum Gasteiger partial charge on any atom is 0.411 e. The van der Waals surface area contributed by atoms with Gasteiger partial charge in [-0.05, 0) is 53.9 Å². The first kappa shape index (κ1) is 25.2. The second-order valence-corrected chi connectivity index (χ2v) is 8.79. The highest BCUT2D eigenvalue weighted by molar-refractivity contribution is 6.30. The molecule has 9 heteroatoms. The molecule has 0 radical (unpaired) electrons. The molecule has 1 aliphatic heterocycles. The van der Waals surface area contributed by atoms with Crippen LogP contribution in [0.25, 0.3) is 0 Å². The van der Waals surface area contributed by atoms with Crippen molar-refractivity contribution >= 4 is 35.2 Å². The van der Waals surface area contributed by atoms with Crippen LogP contribution >= 0.6 is 11.6 Å². The van der Waals surface area contributed by atoms with Crippen molar-refractivity contribution in [2.45, 2.75) is 32.0 Å². The van der Waals surface area contributed by atoms with Crippen molar-refractivity contribution in [1.29, 1.82) is 0 Å². The summed E-state index contributed by atoms with van der Waals surface area (Å²) in [5.41, 5.74) is 1.54. The van der Waals surface area contributed by atoms with Gasteiger partial charge in [-0.1, -0.05) is 54.9 Å². The third-order valence-electron chi connectivity index (χ3n) is 5.74. The van der Waals surface area contributed by atoms with Crippen molar-refractivity contribution in [2.24, 2.45) is 0 Å². The number of carbonyl (C=O) groups is 3. The maximum atomic E-state index is 14.0. The van der Waals surface area contributed by atoms with Gasteiger partial charge in [0, 0.05) is 17.3 Å². The summed E-state index contributed by atoms with van der Waals surface area (Å²) in [6.07, 6.45) is -0.833. The van der Waals surface area contributed by atoms with E-state index in [1.54, 1.807) is 48.5 Å². The molecule has 3 aromatic carbocycles. The molecule has 186 valence electrons. The average molecular weight is 510 g/mol. The fraction of sp³-hybridized carbons (Fsp3) is 0.222. The van der Waals surface area contributed by atoms with Crippen LogP contribution < -0.4 is 10.6 Å². The molecule has 0 aliphatic carbocycles. The molecule has 0 aromatic heterocycles. The zero-order valence-electron chi connectivity index (χ0n) is 19.5. The standard InChI is InChI=1S/C27H25ClFN3O4/c1-2-13-30-26(34)23-24(36-27(35)32(23)16-17-7-5-9-19(28)14-17)18-8-6-10-20(15-18)31-25(33)21-11-3-4-12-22(21)29/h3-12,14-15,23-24H,2,13,16H2,1H3,(H,30,34)(H,31,33)/t23-,24+/m0/s1. The summed E-state index contributed by atoms with van der Waals surface area (Å²) in [7, 11) is 0. The van der Waals surface area contributed by atoms with Crippen molar-refractivity contribution < 1.29 is 23.5 Å². The summed E-state index contributed by atoms with van der Waals surface area (Å²) in [6, 6.07) is 18.4. The topological polar surface area (TPSA) is 87.7 Å². The summed E-state index contributed by atoms with van der Waals surface area (Å²) in [6.45, 7) is 2.50. The molecule has 0 spiro atoms. The Morgan fingerprint density at radius 1 is 1.06 bits per heavy atom. The molecule has 2 N–H and O–H groups in total. The van der Waals surface area contributed by atoms with Crippen molar-refractivity contribution in [2.75, 3.05) is 11.9 Å². The number of amides is 3. The minimum absolute atomic E-state index is 0.0975. The number of anilines is 1. The number of carbonyl (C=O) groups excluding carboxylic acids is 3. The monoisotopic (exact) mass is 509 g/mol. The largest absolute Gasteiger partial charge is 0.438 e. The van der Waals surface area contributed by atoms with Crippen LogP contribution in [-0.4, -0.2) is 35.4 Å². The van der Waals surface area contributed by atoms with Crippen LogP contribution in [0.2, 0.25) is 5.02 Å². The molecule has 36 heavy (non-hydrogen) atoms. The van der Waals surface area contributed by atoms with Gasteiger partial charge in [0.1, 0.15) is 5.82 Å². The Hall–Kier alpha value is -3.91. The molecule has 0 saturated carbocycles. The van der Waals surface area contributed by atoms with Gasteiger partial charge in [0.15, 0.2) is 12.1 Å². The number of rotatable bonds is 8. The Labute approximate surface area is 213 Å². The lowest BCUT2D eigenvalue weighted by molar-refractivity contribution is -0.126. The van der Waals surface area contributed by atoms with E-state index in [0.717, 1.165) is 12.0 Å². The minimum atomic E-state index is -0.944. The van der Waals surface area contributed by atoms with Gasteiger partial charge in [-0.3, -0.25) is 14.5 Å². The van der Waals surface area contributed by atoms with Gasteiger partial charge < -0.3 is 15.4 Å². The van der Waals surface area contributed by atoms with Crippen LogP contribution in [0.15, 0.2) is 72.8 Å². The van der Waals surface area contributed by atoms with Gasteiger partial charge in [-0.25, -0.2) is 9.18 Å². The van der Waals surface area contributed by atoms with E-state index >= 15 is 0 Å². The van der Waals surface area contributed by atoms with E-state index in [4.69, 9.17) is 16.3 Å². The Kier molecular flexibility index (Phi) is 7.85. The maximum absolute atomic E-state index is 14.0. The third-order valence-corrected chi connectivity index (χ3v) is 5.97. The van der Waals surface area contributed by atoms with Crippen LogP contribution in [0.3, 0.4) is 0 Å². The van der Waals surface area contributed by atoms with E-state index in [1.165, 1.54) is 23.1 Å². The second kappa shape index (κ2) is 11.2. The number of benzene rings is 3. The number of cyclic esters (lactones) is 1. The van der Waals surface area contributed by atoms with Crippen molar-refractivity contribution in [3.8, 4) is 0 Å². The zero-order valence-corrected chi connectivity index (χ0v) is 20.3. The van der Waals surface area contributed by atoms with Crippen LogP contribution in [0, 0.1) is 5.82 Å². The predicted octanol–water partition coefficient (Wildman–Crippen LogP) is 5.32. The average Bonchev–Trinajstić information content (AvgIpc) is 3.19. The Bertz CT molecular complexity index is 1290. The smallest absolute Gasteiger partial charge is 0.411 e. The molecule has 1 heterocycles. The molecular weight excluding hydrogens is 485 g/mol. The molecule has 7 nitrogen and oxygen atoms in total. The Balaban J connectivity index is 1.61. The molecule has 2 atom stereocenters. The number of halogens is 2.